The summed E-state index contributed by atoms with van der Waals surface area (Å²) in [6.45, 7) is 14.3. The molecule has 0 bridgehead atoms. The Labute approximate surface area is 149 Å². The van der Waals surface area contributed by atoms with E-state index in [4.69, 9.17) is 0 Å². The van der Waals surface area contributed by atoms with Gasteiger partial charge < -0.3 is 28.5 Å². The summed E-state index contributed by atoms with van der Waals surface area (Å²) in [7, 11) is 2.45. The monoisotopic (exact) mass is 403 g/mol. The first kappa shape index (κ1) is 20.9. The van der Waals surface area contributed by atoms with Crippen LogP contribution < -0.4 is 24.0 Å². The number of nitrogens with zero attached hydrogens (tertiary/aromatic N) is 1. The molecule has 1 atom stereocenters. The molecule has 0 radical (unpaired) electrons. The fourth-order valence-electron chi connectivity index (χ4n) is 2.70. The van der Waals surface area contributed by atoms with Gasteiger partial charge in [-0.15, -0.1) is 0 Å². The summed E-state index contributed by atoms with van der Waals surface area (Å²) in [6, 6.07) is 11.6. The van der Waals surface area contributed by atoms with E-state index in [0.717, 1.165) is 11.8 Å². The van der Waals surface area contributed by atoms with E-state index in [0.29, 0.717) is 6.04 Å². The lowest BCUT2D eigenvalue weighted by Crippen LogP contribution is -3.00. The summed E-state index contributed by atoms with van der Waals surface area (Å²) in [6.07, 6.45) is 2.62. The van der Waals surface area contributed by atoms with Gasteiger partial charge >= 0.3 is 0 Å². The van der Waals surface area contributed by atoms with Crippen LogP contribution in [0.15, 0.2) is 30.3 Å². The summed E-state index contributed by atoms with van der Waals surface area (Å²) in [4.78, 5) is 0. The number of hydrogen-bond acceptors (Lipinski definition) is 0. The van der Waals surface area contributed by atoms with Gasteiger partial charge in [0.05, 0.1) is 20.1 Å². The summed E-state index contributed by atoms with van der Waals surface area (Å²) < 4.78 is 1.17. The second kappa shape index (κ2) is 9.83. The Morgan fingerprint density at radius 2 is 1.24 bits per heavy atom. The first-order chi connectivity index (χ1) is 9.35. The minimum Gasteiger partial charge on any atom is -1.00 e. The van der Waals surface area contributed by atoms with Crippen LogP contribution in [-0.4, -0.2) is 24.6 Å². The first-order valence-corrected chi connectivity index (χ1v) is 8.24. The number of benzene rings is 1. The summed E-state index contributed by atoms with van der Waals surface area (Å²) >= 11 is 0. The van der Waals surface area contributed by atoms with Gasteiger partial charge in [0.1, 0.15) is 6.04 Å². The smallest absolute Gasteiger partial charge is 0.112 e. The van der Waals surface area contributed by atoms with Crippen molar-refractivity contribution in [2.75, 3.05) is 20.1 Å². The topological polar surface area (TPSA) is 0 Å². The standard InChI is InChI=1S/C19H34N.HI/c1-16(2)12-14-20(6,15-13-17(3)4)18(5)19-10-8-7-9-11-19;/h7-11,16-18H,12-15H2,1-6H3;1H/q+1;/p-1. The van der Waals surface area contributed by atoms with Gasteiger partial charge in [0, 0.05) is 5.56 Å². The zero-order valence-corrected chi connectivity index (χ0v) is 16.9. The zero-order valence-electron chi connectivity index (χ0n) is 14.8. The van der Waals surface area contributed by atoms with Crippen molar-refractivity contribution in [2.24, 2.45) is 11.8 Å². The molecule has 0 aliphatic rings. The lowest BCUT2D eigenvalue weighted by molar-refractivity contribution is -0.938. The number of quaternary nitrogens is 1. The number of hydrogen-bond donors (Lipinski definition) is 0. The Morgan fingerprint density at radius 1 is 0.810 bits per heavy atom. The summed E-state index contributed by atoms with van der Waals surface area (Å²) in [5, 5.41) is 0. The van der Waals surface area contributed by atoms with Crippen LogP contribution >= 0.6 is 0 Å². The van der Waals surface area contributed by atoms with Crippen LogP contribution in [0.25, 0.3) is 0 Å². The molecular formula is C19H34IN. The molecule has 0 spiro atoms. The van der Waals surface area contributed by atoms with E-state index in [9.17, 15) is 0 Å². The van der Waals surface area contributed by atoms with Gasteiger partial charge in [-0.25, -0.2) is 0 Å². The van der Waals surface area contributed by atoms with Crippen molar-refractivity contribution in [2.45, 2.75) is 53.5 Å². The predicted octanol–water partition coefficient (Wildman–Crippen LogP) is 2.29. The average molecular weight is 403 g/mol. The minimum absolute atomic E-state index is 0. The molecule has 0 heterocycles. The SMILES string of the molecule is CC(C)CC[N+](C)(CCC(C)C)C(C)c1ccccc1.[I-]. The van der Waals surface area contributed by atoms with Crippen molar-refractivity contribution < 1.29 is 28.5 Å². The van der Waals surface area contributed by atoms with Crippen molar-refractivity contribution >= 4 is 0 Å². The molecule has 0 aromatic heterocycles. The van der Waals surface area contributed by atoms with Gasteiger partial charge in [-0.05, 0) is 31.6 Å². The molecule has 0 saturated heterocycles. The summed E-state index contributed by atoms with van der Waals surface area (Å²) in [5.74, 6) is 1.57. The van der Waals surface area contributed by atoms with Crippen molar-refractivity contribution in [1.82, 2.24) is 0 Å². The van der Waals surface area contributed by atoms with Gasteiger partial charge in [-0.2, -0.15) is 0 Å². The molecule has 0 aliphatic heterocycles. The van der Waals surface area contributed by atoms with Crippen LogP contribution in [0.1, 0.15) is 59.1 Å². The van der Waals surface area contributed by atoms with Crippen molar-refractivity contribution in [1.29, 1.82) is 0 Å². The predicted molar refractivity (Wildman–Crippen MR) is 89.7 cm³/mol. The highest BCUT2D eigenvalue weighted by molar-refractivity contribution is 5.16. The van der Waals surface area contributed by atoms with E-state index in [1.54, 1.807) is 0 Å². The molecule has 0 fully saturated rings. The van der Waals surface area contributed by atoms with Gasteiger partial charge in [0.25, 0.3) is 0 Å². The quantitative estimate of drug-likeness (QED) is 0.462. The Balaban J connectivity index is 0.00000400. The molecular weight excluding hydrogens is 369 g/mol. The molecule has 1 aromatic rings. The lowest BCUT2D eigenvalue weighted by Gasteiger charge is -2.41. The van der Waals surface area contributed by atoms with Crippen molar-refractivity contribution in [3.05, 3.63) is 35.9 Å². The third kappa shape index (κ3) is 7.14. The van der Waals surface area contributed by atoms with E-state index < -0.39 is 0 Å². The fraction of sp³-hybridized carbons (Fsp3) is 0.684. The van der Waals surface area contributed by atoms with Crippen molar-refractivity contribution in [3.8, 4) is 0 Å². The third-order valence-corrected chi connectivity index (χ3v) is 4.65. The molecule has 1 nitrogen and oxygen atoms in total. The Kier molecular flexibility index (Phi) is 9.79. The van der Waals surface area contributed by atoms with Gasteiger partial charge in [-0.3, -0.25) is 0 Å². The van der Waals surface area contributed by atoms with E-state index >= 15 is 0 Å². The molecule has 122 valence electrons. The summed E-state index contributed by atoms with van der Waals surface area (Å²) in [5.41, 5.74) is 1.47. The maximum absolute atomic E-state index is 2.45. The maximum Gasteiger partial charge on any atom is 0.112 e. The molecule has 0 amide bonds. The van der Waals surface area contributed by atoms with Crippen LogP contribution in [0.2, 0.25) is 0 Å². The first-order valence-electron chi connectivity index (χ1n) is 8.24. The van der Waals surface area contributed by atoms with Crippen LogP contribution in [-0.2, 0) is 0 Å². The van der Waals surface area contributed by atoms with E-state index in [1.807, 2.05) is 0 Å². The molecule has 1 aromatic carbocycles. The Morgan fingerprint density at radius 3 is 1.62 bits per heavy atom. The molecule has 0 N–H and O–H groups in total. The minimum atomic E-state index is 0. The average Bonchev–Trinajstić information content (AvgIpc) is 2.43. The van der Waals surface area contributed by atoms with Gasteiger partial charge in [0.15, 0.2) is 0 Å². The largest absolute Gasteiger partial charge is 1.00 e. The van der Waals surface area contributed by atoms with Crippen LogP contribution in [0.3, 0.4) is 0 Å². The molecule has 0 saturated carbocycles. The molecule has 21 heavy (non-hydrogen) atoms. The van der Waals surface area contributed by atoms with Crippen LogP contribution in [0.4, 0.5) is 0 Å². The van der Waals surface area contributed by atoms with E-state index in [2.05, 4.69) is 72.0 Å². The second-order valence-corrected chi connectivity index (χ2v) is 7.38. The van der Waals surface area contributed by atoms with Gasteiger partial charge in [0.2, 0.25) is 0 Å². The fourth-order valence-corrected chi connectivity index (χ4v) is 2.70. The number of rotatable bonds is 8. The van der Waals surface area contributed by atoms with E-state index in [-0.39, 0.29) is 24.0 Å². The molecule has 0 aliphatic carbocycles. The molecule has 1 unspecified atom stereocenters. The second-order valence-electron chi connectivity index (χ2n) is 7.38. The normalized spacial score (nSPS) is 13.3. The van der Waals surface area contributed by atoms with Crippen LogP contribution in [0, 0.1) is 11.8 Å². The Bertz CT molecular complexity index is 360. The number of halogens is 1. The highest BCUT2D eigenvalue weighted by Crippen LogP contribution is 2.28. The Hall–Kier alpha value is -0.0900. The lowest BCUT2D eigenvalue weighted by atomic mass is 10.0. The highest BCUT2D eigenvalue weighted by atomic mass is 127. The van der Waals surface area contributed by atoms with Crippen molar-refractivity contribution in [3.63, 3.8) is 0 Å². The highest BCUT2D eigenvalue weighted by Gasteiger charge is 2.30. The third-order valence-electron chi connectivity index (χ3n) is 4.65. The van der Waals surface area contributed by atoms with Gasteiger partial charge in [-0.1, -0.05) is 58.0 Å². The zero-order chi connectivity index (χ0) is 15.2. The van der Waals surface area contributed by atoms with Crippen LogP contribution in [0.5, 0.6) is 0 Å². The van der Waals surface area contributed by atoms with E-state index in [1.165, 1.54) is 36.0 Å². The molecule has 2 heteroatoms. The maximum atomic E-state index is 2.45. The molecule has 1 rings (SSSR count).